The van der Waals surface area contributed by atoms with Gasteiger partial charge in [-0.1, -0.05) is 6.08 Å². The Bertz CT molecular complexity index is 162. The zero-order chi connectivity index (χ0) is 8.48. The Morgan fingerprint density at radius 1 is 1.45 bits per heavy atom. The highest BCUT2D eigenvalue weighted by molar-refractivity contribution is 4.95. The van der Waals surface area contributed by atoms with Gasteiger partial charge in [0.1, 0.15) is 0 Å². The van der Waals surface area contributed by atoms with Crippen molar-refractivity contribution in [2.75, 3.05) is 13.6 Å². The van der Waals surface area contributed by atoms with Crippen molar-refractivity contribution in [2.45, 2.75) is 12.6 Å². The average Bonchev–Trinajstić information content (AvgIpc) is 1.86. The maximum atomic E-state index is 12.0. The van der Waals surface area contributed by atoms with Crippen LogP contribution in [0.15, 0.2) is 12.3 Å². The Balaban J connectivity index is 2.57. The van der Waals surface area contributed by atoms with Crippen molar-refractivity contribution in [1.82, 2.24) is 4.90 Å². The van der Waals surface area contributed by atoms with Gasteiger partial charge >= 0.3 is 6.18 Å². The van der Waals surface area contributed by atoms with Crippen LogP contribution in [0.3, 0.4) is 0 Å². The van der Waals surface area contributed by atoms with E-state index in [0.717, 1.165) is 0 Å². The molecule has 0 saturated heterocycles. The molecule has 1 unspecified atom stereocenters. The second kappa shape index (κ2) is 2.75. The fraction of sp³-hybridized carbons (Fsp3) is 0.714. The first-order valence-electron chi connectivity index (χ1n) is 3.45. The van der Waals surface area contributed by atoms with Gasteiger partial charge in [-0.05, 0) is 12.6 Å². The lowest BCUT2D eigenvalue weighted by Crippen LogP contribution is -2.29. The third-order valence-corrected chi connectivity index (χ3v) is 1.79. The van der Waals surface area contributed by atoms with Crippen LogP contribution < -0.4 is 0 Å². The summed E-state index contributed by atoms with van der Waals surface area (Å²) in [6, 6.07) is 0. The standard InChI is InChI=1S/C7H10F3N/c1-11-4-2-6(3-5-11)7(8,9)10/h2,4,6H,3,5H2,1H3. The summed E-state index contributed by atoms with van der Waals surface area (Å²) in [5, 5.41) is 0. The minimum Gasteiger partial charge on any atom is -0.381 e. The van der Waals surface area contributed by atoms with Gasteiger partial charge in [0.25, 0.3) is 0 Å². The van der Waals surface area contributed by atoms with Crippen molar-refractivity contribution in [3.05, 3.63) is 12.3 Å². The summed E-state index contributed by atoms with van der Waals surface area (Å²) < 4.78 is 36.0. The van der Waals surface area contributed by atoms with Gasteiger partial charge in [0.2, 0.25) is 0 Å². The van der Waals surface area contributed by atoms with Crippen molar-refractivity contribution < 1.29 is 13.2 Å². The van der Waals surface area contributed by atoms with E-state index in [0.29, 0.717) is 6.54 Å². The van der Waals surface area contributed by atoms with E-state index < -0.39 is 12.1 Å². The van der Waals surface area contributed by atoms with E-state index in [9.17, 15) is 13.2 Å². The summed E-state index contributed by atoms with van der Waals surface area (Å²) in [5.74, 6) is -1.24. The number of halogens is 3. The van der Waals surface area contributed by atoms with Crippen LogP contribution in [-0.2, 0) is 0 Å². The zero-order valence-electron chi connectivity index (χ0n) is 6.23. The third-order valence-electron chi connectivity index (χ3n) is 1.79. The number of allylic oxidation sites excluding steroid dienone is 1. The van der Waals surface area contributed by atoms with Crippen LogP contribution in [-0.4, -0.2) is 24.7 Å². The van der Waals surface area contributed by atoms with E-state index in [-0.39, 0.29) is 6.42 Å². The van der Waals surface area contributed by atoms with Crippen molar-refractivity contribution in [3.8, 4) is 0 Å². The minimum atomic E-state index is -4.06. The molecule has 0 fully saturated rings. The molecular formula is C7H10F3N. The molecule has 1 rings (SSSR count). The Hall–Kier alpha value is -0.670. The quantitative estimate of drug-likeness (QED) is 0.530. The van der Waals surface area contributed by atoms with E-state index in [1.54, 1.807) is 11.9 Å². The van der Waals surface area contributed by atoms with Crippen molar-refractivity contribution in [3.63, 3.8) is 0 Å². The van der Waals surface area contributed by atoms with Crippen LogP contribution in [0.1, 0.15) is 6.42 Å². The van der Waals surface area contributed by atoms with Gasteiger partial charge < -0.3 is 4.90 Å². The SMILES string of the molecule is CN1C=CC(C(F)(F)F)CC1. The highest BCUT2D eigenvalue weighted by Gasteiger charge is 2.38. The summed E-state index contributed by atoms with van der Waals surface area (Å²) in [4.78, 5) is 1.75. The molecule has 0 bridgehead atoms. The lowest BCUT2D eigenvalue weighted by molar-refractivity contribution is -0.164. The first-order valence-corrected chi connectivity index (χ1v) is 3.45. The predicted octanol–water partition coefficient (Wildman–Crippen LogP) is 2.01. The van der Waals surface area contributed by atoms with Crippen LogP contribution >= 0.6 is 0 Å². The molecule has 1 aliphatic rings. The topological polar surface area (TPSA) is 3.24 Å². The van der Waals surface area contributed by atoms with Gasteiger partial charge in [0, 0.05) is 13.6 Å². The number of nitrogens with zero attached hydrogens (tertiary/aromatic N) is 1. The van der Waals surface area contributed by atoms with E-state index in [1.165, 1.54) is 12.3 Å². The number of hydrogen-bond acceptors (Lipinski definition) is 1. The fourth-order valence-electron chi connectivity index (χ4n) is 1.04. The lowest BCUT2D eigenvalue weighted by atomic mass is 10.0. The molecule has 0 radical (unpaired) electrons. The smallest absolute Gasteiger partial charge is 0.381 e. The summed E-state index contributed by atoms with van der Waals surface area (Å²) in [5.41, 5.74) is 0. The second-order valence-electron chi connectivity index (χ2n) is 2.76. The summed E-state index contributed by atoms with van der Waals surface area (Å²) in [6.45, 7) is 0.487. The molecule has 0 aromatic heterocycles. The molecule has 0 saturated carbocycles. The highest BCUT2D eigenvalue weighted by atomic mass is 19.4. The first kappa shape index (κ1) is 8.43. The number of rotatable bonds is 0. The van der Waals surface area contributed by atoms with Crippen LogP contribution in [0, 0.1) is 5.92 Å². The molecule has 11 heavy (non-hydrogen) atoms. The van der Waals surface area contributed by atoms with Gasteiger partial charge in [-0.15, -0.1) is 0 Å². The van der Waals surface area contributed by atoms with E-state index in [2.05, 4.69) is 0 Å². The zero-order valence-corrected chi connectivity index (χ0v) is 6.23. The minimum absolute atomic E-state index is 0.177. The lowest BCUT2D eigenvalue weighted by Gasteiger charge is -2.25. The van der Waals surface area contributed by atoms with Gasteiger partial charge in [-0.3, -0.25) is 0 Å². The molecule has 1 nitrogen and oxygen atoms in total. The number of alkyl halides is 3. The monoisotopic (exact) mass is 165 g/mol. The largest absolute Gasteiger partial charge is 0.395 e. The molecule has 0 aliphatic carbocycles. The molecule has 4 heteroatoms. The Morgan fingerprint density at radius 3 is 2.45 bits per heavy atom. The molecule has 1 atom stereocenters. The summed E-state index contributed by atoms with van der Waals surface area (Å²) in [6.07, 6.45) is -1.18. The van der Waals surface area contributed by atoms with Crippen molar-refractivity contribution in [1.29, 1.82) is 0 Å². The molecular weight excluding hydrogens is 155 g/mol. The van der Waals surface area contributed by atoms with Gasteiger partial charge in [-0.2, -0.15) is 13.2 Å². The molecule has 64 valence electrons. The Kier molecular flexibility index (Phi) is 2.11. The van der Waals surface area contributed by atoms with Gasteiger partial charge in [-0.25, -0.2) is 0 Å². The normalized spacial score (nSPS) is 25.8. The van der Waals surface area contributed by atoms with Crippen molar-refractivity contribution >= 4 is 0 Å². The van der Waals surface area contributed by atoms with Crippen LogP contribution in [0.2, 0.25) is 0 Å². The van der Waals surface area contributed by atoms with Crippen molar-refractivity contribution in [2.24, 2.45) is 5.92 Å². The van der Waals surface area contributed by atoms with E-state index in [4.69, 9.17) is 0 Å². The highest BCUT2D eigenvalue weighted by Crippen LogP contribution is 2.31. The van der Waals surface area contributed by atoms with Crippen LogP contribution in [0.25, 0.3) is 0 Å². The molecule has 0 spiro atoms. The molecule has 1 aliphatic heterocycles. The van der Waals surface area contributed by atoms with Gasteiger partial charge in [0.05, 0.1) is 5.92 Å². The second-order valence-corrected chi connectivity index (χ2v) is 2.76. The van der Waals surface area contributed by atoms with Gasteiger partial charge in [0.15, 0.2) is 0 Å². The molecule has 0 N–H and O–H groups in total. The Labute approximate surface area is 63.5 Å². The maximum Gasteiger partial charge on any atom is 0.395 e. The Morgan fingerprint density at radius 2 is 2.09 bits per heavy atom. The molecule has 0 aromatic carbocycles. The van der Waals surface area contributed by atoms with E-state index in [1.807, 2.05) is 0 Å². The first-order chi connectivity index (χ1) is 5.00. The maximum absolute atomic E-state index is 12.0. The summed E-state index contributed by atoms with van der Waals surface area (Å²) >= 11 is 0. The third kappa shape index (κ3) is 2.13. The summed E-state index contributed by atoms with van der Waals surface area (Å²) in [7, 11) is 1.77. The molecule has 0 amide bonds. The predicted molar refractivity (Wildman–Crippen MR) is 35.9 cm³/mol. The van der Waals surface area contributed by atoms with Crippen LogP contribution in [0.5, 0.6) is 0 Å². The van der Waals surface area contributed by atoms with Crippen LogP contribution in [0.4, 0.5) is 13.2 Å². The molecule has 1 heterocycles. The number of hydrogen-bond donors (Lipinski definition) is 0. The average molecular weight is 165 g/mol. The fourth-order valence-corrected chi connectivity index (χ4v) is 1.04. The van der Waals surface area contributed by atoms with E-state index >= 15 is 0 Å². The molecule has 0 aromatic rings.